The van der Waals surface area contributed by atoms with E-state index in [0.717, 1.165) is 0 Å². The summed E-state index contributed by atoms with van der Waals surface area (Å²) in [5.41, 5.74) is 0.571. The summed E-state index contributed by atoms with van der Waals surface area (Å²) >= 11 is 0. The molecular weight excluding hydrogens is 382 g/mol. The number of hydrogen-bond acceptors (Lipinski definition) is 5. The Hall–Kier alpha value is -2.78. The highest BCUT2D eigenvalue weighted by molar-refractivity contribution is 7.89. The van der Waals surface area contributed by atoms with Gasteiger partial charge < -0.3 is 5.32 Å². The van der Waals surface area contributed by atoms with Crippen LogP contribution in [0.15, 0.2) is 41.3 Å². The van der Waals surface area contributed by atoms with Gasteiger partial charge >= 0.3 is 0 Å². The van der Waals surface area contributed by atoms with Crippen LogP contribution in [0.1, 0.15) is 42.3 Å². The van der Waals surface area contributed by atoms with E-state index in [0.29, 0.717) is 16.8 Å². The third-order valence-electron chi connectivity index (χ3n) is 3.95. The highest BCUT2D eigenvalue weighted by atomic mass is 32.2. The zero-order chi connectivity index (χ0) is 21.3. The summed E-state index contributed by atoms with van der Waals surface area (Å²) < 4.78 is 27.6. The van der Waals surface area contributed by atoms with Gasteiger partial charge in [0.2, 0.25) is 10.0 Å². The third kappa shape index (κ3) is 4.93. The predicted octanol–water partition coefficient (Wildman–Crippen LogP) is 3.54. The molecule has 0 spiro atoms. The lowest BCUT2D eigenvalue weighted by Gasteiger charge is -2.20. The molecule has 0 radical (unpaired) electrons. The molecule has 2 aromatic carbocycles. The number of nitrogens with zero attached hydrogens (tertiary/aromatic N) is 1. The van der Waals surface area contributed by atoms with Gasteiger partial charge in [-0.15, -0.1) is 0 Å². The SMILES string of the molecule is Cc1ccc(S(=O)(=O)NC(C)(C)C)cc1C(=O)Nc1cccc([N+](=O)[O-])c1C. The number of anilines is 1. The maximum atomic E-state index is 12.7. The standard InChI is InChI=1S/C19H23N3O5S/c1-12-9-10-14(28(26,27)21-19(3,4)5)11-15(12)18(23)20-16-7-6-8-17(13(16)2)22(24)25/h6-11,21H,1-5H3,(H,20,23). The summed E-state index contributed by atoms with van der Waals surface area (Å²) in [6.07, 6.45) is 0. The monoisotopic (exact) mass is 405 g/mol. The van der Waals surface area contributed by atoms with Crippen molar-refractivity contribution in [3.8, 4) is 0 Å². The van der Waals surface area contributed by atoms with Crippen molar-refractivity contribution >= 4 is 27.3 Å². The summed E-state index contributed by atoms with van der Waals surface area (Å²) in [7, 11) is -3.81. The third-order valence-corrected chi connectivity index (χ3v) is 5.71. The quantitative estimate of drug-likeness (QED) is 0.582. The fourth-order valence-electron chi connectivity index (χ4n) is 2.62. The molecule has 8 nitrogen and oxygen atoms in total. The number of hydrogen-bond donors (Lipinski definition) is 2. The van der Waals surface area contributed by atoms with E-state index in [4.69, 9.17) is 0 Å². The Morgan fingerprint density at radius 3 is 2.32 bits per heavy atom. The minimum Gasteiger partial charge on any atom is -0.321 e. The molecule has 150 valence electrons. The van der Waals surface area contributed by atoms with Crippen molar-refractivity contribution in [2.45, 2.75) is 45.1 Å². The van der Waals surface area contributed by atoms with Gasteiger partial charge in [0.25, 0.3) is 11.6 Å². The molecule has 2 rings (SSSR count). The zero-order valence-electron chi connectivity index (χ0n) is 16.4. The Labute approximate surface area is 164 Å². The van der Waals surface area contributed by atoms with Crippen LogP contribution in [0.3, 0.4) is 0 Å². The largest absolute Gasteiger partial charge is 0.321 e. The van der Waals surface area contributed by atoms with Crippen LogP contribution in [-0.2, 0) is 10.0 Å². The van der Waals surface area contributed by atoms with E-state index in [1.807, 2.05) is 0 Å². The lowest BCUT2D eigenvalue weighted by atomic mass is 10.1. The smallest absolute Gasteiger partial charge is 0.274 e. The first-order valence-electron chi connectivity index (χ1n) is 8.52. The average molecular weight is 405 g/mol. The van der Waals surface area contributed by atoms with Crippen molar-refractivity contribution in [3.63, 3.8) is 0 Å². The van der Waals surface area contributed by atoms with Crippen LogP contribution < -0.4 is 10.0 Å². The molecule has 0 bridgehead atoms. The van der Waals surface area contributed by atoms with Gasteiger partial charge in [0.15, 0.2) is 0 Å². The Bertz CT molecular complexity index is 1040. The van der Waals surface area contributed by atoms with Gasteiger partial charge in [-0.3, -0.25) is 14.9 Å². The number of nitrogens with one attached hydrogen (secondary N) is 2. The molecule has 0 saturated carbocycles. The topological polar surface area (TPSA) is 118 Å². The van der Waals surface area contributed by atoms with Gasteiger partial charge in [-0.1, -0.05) is 12.1 Å². The van der Waals surface area contributed by atoms with Crippen LogP contribution in [-0.4, -0.2) is 24.8 Å². The summed E-state index contributed by atoms with van der Waals surface area (Å²) in [5, 5.41) is 13.7. The molecule has 28 heavy (non-hydrogen) atoms. The first-order valence-corrected chi connectivity index (χ1v) is 10.00. The van der Waals surface area contributed by atoms with Crippen LogP contribution in [0.2, 0.25) is 0 Å². The lowest BCUT2D eigenvalue weighted by Crippen LogP contribution is -2.40. The fourth-order valence-corrected chi connectivity index (χ4v) is 4.07. The van der Waals surface area contributed by atoms with Gasteiger partial charge in [-0.2, -0.15) is 0 Å². The van der Waals surface area contributed by atoms with Crippen LogP contribution in [0.5, 0.6) is 0 Å². The molecule has 0 aliphatic rings. The maximum absolute atomic E-state index is 12.7. The lowest BCUT2D eigenvalue weighted by molar-refractivity contribution is -0.385. The molecule has 2 N–H and O–H groups in total. The molecule has 0 atom stereocenters. The highest BCUT2D eigenvalue weighted by Gasteiger charge is 2.24. The summed E-state index contributed by atoms with van der Waals surface area (Å²) in [4.78, 5) is 23.2. The van der Waals surface area contributed by atoms with Gasteiger partial charge in [-0.25, -0.2) is 13.1 Å². The molecule has 9 heteroatoms. The number of benzene rings is 2. The molecule has 0 saturated heterocycles. The molecule has 1 amide bonds. The molecule has 0 fully saturated rings. The molecular formula is C19H23N3O5S. The van der Waals surface area contributed by atoms with Gasteiger partial charge in [0.1, 0.15) is 0 Å². The van der Waals surface area contributed by atoms with Crippen LogP contribution >= 0.6 is 0 Å². The van der Waals surface area contributed by atoms with E-state index in [2.05, 4.69) is 10.0 Å². The van der Waals surface area contributed by atoms with Crippen molar-refractivity contribution in [2.24, 2.45) is 0 Å². The fraction of sp³-hybridized carbons (Fsp3) is 0.316. The number of rotatable bonds is 5. The first kappa shape index (κ1) is 21.5. The number of carbonyl (C=O) groups excluding carboxylic acids is 1. The van der Waals surface area contributed by atoms with E-state index in [-0.39, 0.29) is 16.1 Å². The van der Waals surface area contributed by atoms with Gasteiger partial charge in [0.05, 0.1) is 21.1 Å². The summed E-state index contributed by atoms with van der Waals surface area (Å²) in [5.74, 6) is -0.547. The number of aryl methyl sites for hydroxylation is 1. The van der Waals surface area contributed by atoms with E-state index < -0.39 is 26.4 Å². The van der Waals surface area contributed by atoms with Gasteiger partial charge in [0, 0.05) is 17.2 Å². The van der Waals surface area contributed by atoms with Crippen molar-refractivity contribution in [3.05, 3.63) is 63.2 Å². The second kappa shape index (κ2) is 7.69. The van der Waals surface area contributed by atoms with Crippen molar-refractivity contribution < 1.29 is 18.1 Å². The molecule has 0 aliphatic heterocycles. The minimum absolute atomic E-state index is 0.0334. The average Bonchev–Trinajstić information content (AvgIpc) is 2.54. The molecule has 0 aliphatic carbocycles. The summed E-state index contributed by atoms with van der Waals surface area (Å²) in [6, 6.07) is 8.65. The summed E-state index contributed by atoms with van der Waals surface area (Å²) in [6.45, 7) is 8.38. The molecule has 0 unspecified atom stereocenters. The number of carbonyl (C=O) groups is 1. The van der Waals surface area contributed by atoms with E-state index >= 15 is 0 Å². The second-order valence-corrected chi connectivity index (χ2v) is 9.18. The second-order valence-electron chi connectivity index (χ2n) is 7.49. The van der Waals surface area contributed by atoms with Gasteiger partial charge in [-0.05, 0) is 58.4 Å². The van der Waals surface area contributed by atoms with E-state index in [1.54, 1.807) is 39.8 Å². The van der Waals surface area contributed by atoms with Crippen molar-refractivity contribution in [2.75, 3.05) is 5.32 Å². The number of amides is 1. The molecule has 0 heterocycles. The minimum atomic E-state index is -3.81. The first-order chi connectivity index (χ1) is 12.8. The van der Waals surface area contributed by atoms with Crippen molar-refractivity contribution in [1.82, 2.24) is 4.72 Å². The molecule has 0 aromatic heterocycles. The van der Waals surface area contributed by atoms with Crippen LogP contribution in [0, 0.1) is 24.0 Å². The highest BCUT2D eigenvalue weighted by Crippen LogP contribution is 2.26. The van der Waals surface area contributed by atoms with E-state index in [9.17, 15) is 23.3 Å². The number of sulfonamides is 1. The Morgan fingerprint density at radius 2 is 1.75 bits per heavy atom. The van der Waals surface area contributed by atoms with Crippen LogP contribution in [0.25, 0.3) is 0 Å². The Kier molecular flexibility index (Phi) is 5.91. The predicted molar refractivity (Wildman–Crippen MR) is 107 cm³/mol. The molecule has 2 aromatic rings. The normalized spacial score (nSPS) is 11.9. The Morgan fingerprint density at radius 1 is 1.11 bits per heavy atom. The maximum Gasteiger partial charge on any atom is 0.274 e. The Balaban J connectivity index is 2.40. The van der Waals surface area contributed by atoms with Crippen LogP contribution in [0.4, 0.5) is 11.4 Å². The zero-order valence-corrected chi connectivity index (χ0v) is 17.2. The number of nitro groups is 1. The number of nitro benzene ring substituents is 1. The van der Waals surface area contributed by atoms with Crippen molar-refractivity contribution in [1.29, 1.82) is 0 Å². The van der Waals surface area contributed by atoms with E-state index in [1.165, 1.54) is 31.2 Å².